The van der Waals surface area contributed by atoms with Crippen molar-refractivity contribution in [3.8, 4) is 0 Å². The zero-order chi connectivity index (χ0) is 2.00. The van der Waals surface area contributed by atoms with Crippen LogP contribution in [0.5, 0.6) is 0 Å². The van der Waals surface area contributed by atoms with Crippen molar-refractivity contribution in [3.05, 3.63) is 0 Å². The van der Waals surface area contributed by atoms with Gasteiger partial charge in [0.2, 0.25) is 0 Å². The first-order valence-electron chi connectivity index (χ1n) is 0.289. The van der Waals surface area contributed by atoms with E-state index in [9.17, 15) is 0 Å². The summed E-state index contributed by atoms with van der Waals surface area (Å²) < 4.78 is 8.38. The van der Waals surface area contributed by atoms with E-state index in [0.29, 0.717) is 0 Å². The normalized spacial score (nSPS) is 1.00. The first-order chi connectivity index (χ1) is 1.00. The van der Waals surface area contributed by atoms with Crippen LogP contribution < -0.4 is 0 Å². The fourth-order valence-corrected chi connectivity index (χ4v) is 0. The number of hydrogen-bond donors (Lipinski definition) is 0. The van der Waals surface area contributed by atoms with Crippen molar-refractivity contribution in [3.63, 3.8) is 0 Å². The summed E-state index contributed by atoms with van der Waals surface area (Å²) in [6, 6.07) is 0. The van der Waals surface area contributed by atoms with Crippen LogP contribution in [0.2, 0.25) is 0 Å². The van der Waals surface area contributed by atoms with Gasteiger partial charge in [0.1, 0.15) is 0 Å². The standard InChI is InChI=1S/GeH2O.Li.Rb.2H/c1-2;;;;/h1H2;;;;. The molecule has 0 aromatic carbocycles. The molecule has 0 rings (SSSR count). The summed E-state index contributed by atoms with van der Waals surface area (Å²) in [4.78, 5) is 0. The molecule has 16 valence electrons. The van der Waals surface area contributed by atoms with E-state index < -0.39 is 0 Å². The Bertz CT molecular complexity index is 8.00. The average Bonchev–Trinajstić information content (AvgIpc) is 1.00. The van der Waals surface area contributed by atoms with Gasteiger partial charge in [-0.15, -0.1) is 0 Å². The first-order valence-corrected chi connectivity index (χ1v) is 1.50. The van der Waals surface area contributed by atoms with Crippen LogP contribution in [0.15, 0.2) is 0 Å². The average molecular weight is 185 g/mol. The van der Waals surface area contributed by atoms with Gasteiger partial charge in [0.15, 0.2) is 0 Å². The van der Waals surface area contributed by atoms with Crippen LogP contribution in [0.25, 0.3) is 0 Å². The Morgan fingerprint density at radius 1 is 1.25 bits per heavy atom. The van der Waals surface area contributed by atoms with E-state index in [-0.39, 0.29) is 93.5 Å². The molecule has 0 aromatic heterocycles. The van der Waals surface area contributed by atoms with Crippen molar-refractivity contribution >= 4 is 93.5 Å². The molecule has 0 N–H and O–H groups in total. The summed E-state index contributed by atoms with van der Waals surface area (Å²) in [5, 5.41) is 0. The van der Waals surface area contributed by atoms with Gasteiger partial charge in [-0.3, -0.25) is 0 Å². The molecule has 0 amide bonds. The first kappa shape index (κ1) is 15.9. The SMILES string of the molecule is [LiH].[O]=[GeH2].[RbH]. The van der Waals surface area contributed by atoms with Gasteiger partial charge in [0, 0.05) is 0 Å². The predicted octanol–water partition coefficient (Wildman–Crippen LogP) is -2.33. The van der Waals surface area contributed by atoms with E-state index in [2.05, 4.69) is 0 Å². The Morgan fingerprint density at radius 3 is 1.25 bits per heavy atom. The third-order valence-corrected chi connectivity index (χ3v) is 0. The third kappa shape index (κ3) is 8.83. The van der Waals surface area contributed by atoms with Crippen LogP contribution in [-0.2, 0) is 3.78 Å². The Balaban J connectivity index is -0.00000000500. The second-order valence-electron chi connectivity index (χ2n) is 0. The topological polar surface area (TPSA) is 17.1 Å². The van der Waals surface area contributed by atoms with E-state index in [1.807, 2.05) is 0 Å². The third-order valence-electron chi connectivity index (χ3n) is 0. The summed E-state index contributed by atoms with van der Waals surface area (Å²) in [7, 11) is 0. The van der Waals surface area contributed by atoms with Gasteiger partial charge in [0.25, 0.3) is 0 Å². The molecule has 0 atom stereocenters. The van der Waals surface area contributed by atoms with E-state index in [0.717, 1.165) is 0 Å². The van der Waals surface area contributed by atoms with Crippen molar-refractivity contribution < 1.29 is 3.78 Å². The van der Waals surface area contributed by atoms with Crippen molar-refractivity contribution in [2.24, 2.45) is 0 Å². The van der Waals surface area contributed by atoms with Gasteiger partial charge in [0.05, 0.1) is 0 Å². The number of rotatable bonds is 0. The van der Waals surface area contributed by atoms with Gasteiger partial charge in [-0.2, -0.15) is 0 Å². The molecule has 0 aliphatic heterocycles. The summed E-state index contributed by atoms with van der Waals surface area (Å²) in [6.07, 6.45) is 0. The Kier molecular flexibility index (Phi) is 68.1. The van der Waals surface area contributed by atoms with Crippen LogP contribution >= 0.6 is 0 Å². The molecule has 0 unspecified atom stereocenters. The van der Waals surface area contributed by atoms with E-state index in [1.54, 1.807) is 0 Å². The van der Waals surface area contributed by atoms with Gasteiger partial charge in [-0.05, 0) is 0 Å². The molecule has 0 spiro atoms. The molecule has 0 aliphatic rings. The molecule has 0 heterocycles. The second-order valence-corrected chi connectivity index (χ2v) is 0. The molecule has 4 heteroatoms. The zero-order valence-corrected chi connectivity index (χ0v) is 4.08. The Labute approximate surface area is 94.7 Å². The Hall–Kier alpha value is 2.75. The van der Waals surface area contributed by atoms with Gasteiger partial charge in [-0.1, -0.05) is 0 Å². The van der Waals surface area contributed by atoms with E-state index in [4.69, 9.17) is 3.78 Å². The minimum absolute atomic E-state index is 0. The van der Waals surface area contributed by atoms with Crippen LogP contribution in [0.1, 0.15) is 0 Å². The van der Waals surface area contributed by atoms with Crippen LogP contribution in [-0.4, -0.2) is 93.5 Å². The summed E-state index contributed by atoms with van der Waals surface area (Å²) in [5.41, 5.74) is 0. The molecule has 0 fully saturated rings. The number of hydrogen-bond acceptors (Lipinski definition) is 1. The minimum atomic E-state index is 0. The van der Waals surface area contributed by atoms with Crippen molar-refractivity contribution in [2.75, 3.05) is 0 Å². The second kappa shape index (κ2) is 17.2. The quantitative estimate of drug-likeness (QED) is 0.387. The van der Waals surface area contributed by atoms with Gasteiger partial charge < -0.3 is 0 Å². The summed E-state index contributed by atoms with van der Waals surface area (Å²) >= 11 is 0.125. The molecular weight excluding hydrogens is 181 g/mol. The van der Waals surface area contributed by atoms with Gasteiger partial charge >= 0.3 is 97.3 Å². The maximum atomic E-state index is 8.38. The zero-order valence-electron chi connectivity index (χ0n) is 1.12. The summed E-state index contributed by atoms with van der Waals surface area (Å²) in [5.74, 6) is 0. The van der Waals surface area contributed by atoms with Crippen molar-refractivity contribution in [1.29, 1.82) is 0 Å². The molecule has 0 saturated heterocycles. The Morgan fingerprint density at radius 2 is 1.25 bits per heavy atom. The van der Waals surface area contributed by atoms with Crippen molar-refractivity contribution in [1.82, 2.24) is 0 Å². The molecule has 0 radical (unpaired) electrons. The van der Waals surface area contributed by atoms with Crippen molar-refractivity contribution in [2.45, 2.75) is 0 Å². The molecular formula is H4GeLiORb. The van der Waals surface area contributed by atoms with Crippen LogP contribution in [0, 0.1) is 0 Å². The molecule has 1 nitrogen and oxygen atoms in total. The fraction of sp³-hybridized carbons (Fsp3) is 0. The fourth-order valence-electron chi connectivity index (χ4n) is 0. The monoisotopic (exact) mass is 186 g/mol. The summed E-state index contributed by atoms with van der Waals surface area (Å²) in [6.45, 7) is 0. The van der Waals surface area contributed by atoms with E-state index >= 15 is 0 Å². The molecule has 0 bridgehead atoms. The van der Waals surface area contributed by atoms with Gasteiger partial charge in [-0.25, -0.2) is 0 Å². The molecule has 4 heavy (non-hydrogen) atoms. The van der Waals surface area contributed by atoms with Crippen LogP contribution in [0.3, 0.4) is 0 Å². The van der Waals surface area contributed by atoms with E-state index in [1.165, 1.54) is 0 Å². The molecule has 0 aliphatic carbocycles. The maximum absolute atomic E-state index is 8.38. The molecule has 0 aromatic rings. The van der Waals surface area contributed by atoms with Crippen LogP contribution in [0.4, 0.5) is 0 Å². The predicted molar refractivity (Wildman–Crippen MR) is 23.5 cm³/mol. The molecule has 0 saturated carbocycles.